The molecule has 1 fully saturated rings. The number of piperidine rings is 1. The van der Waals surface area contributed by atoms with Crippen LogP contribution in [0, 0.1) is 17.3 Å². The van der Waals surface area contributed by atoms with Gasteiger partial charge in [0.25, 0.3) is 5.56 Å². The van der Waals surface area contributed by atoms with E-state index in [-0.39, 0.29) is 12.1 Å². The van der Waals surface area contributed by atoms with Crippen molar-refractivity contribution in [1.29, 1.82) is 5.41 Å². The van der Waals surface area contributed by atoms with E-state index in [0.29, 0.717) is 41.6 Å². The van der Waals surface area contributed by atoms with Gasteiger partial charge in [-0.2, -0.15) is 5.10 Å². The van der Waals surface area contributed by atoms with Crippen LogP contribution >= 0.6 is 0 Å². The average Bonchev–Trinajstić information content (AvgIpc) is 3.48. The summed E-state index contributed by atoms with van der Waals surface area (Å²) >= 11 is 0. The van der Waals surface area contributed by atoms with Gasteiger partial charge in [0.2, 0.25) is 5.95 Å². The molecule has 4 aromatic heterocycles. The Hall–Kier alpha value is -4.78. The Kier molecular flexibility index (Phi) is 5.73. The van der Waals surface area contributed by atoms with Gasteiger partial charge in [0.15, 0.2) is 0 Å². The van der Waals surface area contributed by atoms with Gasteiger partial charge in [-0.15, -0.1) is 5.92 Å². The third-order valence-corrected chi connectivity index (χ3v) is 6.54. The predicted octanol–water partition coefficient (Wildman–Crippen LogP) is 3.02. The Morgan fingerprint density at radius 2 is 1.97 bits per heavy atom. The van der Waals surface area contributed by atoms with Gasteiger partial charge in [0, 0.05) is 18.5 Å². The first-order chi connectivity index (χ1) is 18.1. The third-order valence-electron chi connectivity index (χ3n) is 6.54. The van der Waals surface area contributed by atoms with Crippen LogP contribution in [-0.4, -0.2) is 52.7 Å². The van der Waals surface area contributed by atoms with Crippen LogP contribution in [0.25, 0.3) is 27.8 Å². The molecule has 0 aliphatic carbocycles. The summed E-state index contributed by atoms with van der Waals surface area (Å²) in [5.41, 5.74) is 3.99. The smallest absolute Gasteiger partial charge is 0.293 e. The maximum Gasteiger partial charge on any atom is 0.293 e. The molecule has 0 saturated carbocycles. The molecule has 0 amide bonds. The van der Waals surface area contributed by atoms with Crippen LogP contribution in [0.4, 0.5) is 5.95 Å². The van der Waals surface area contributed by atoms with Crippen molar-refractivity contribution < 1.29 is 0 Å². The Bertz CT molecular complexity index is 1750. The first-order valence-electron chi connectivity index (χ1n) is 12.2. The second-order valence-electron chi connectivity index (χ2n) is 8.96. The fraction of sp³-hybridized carbons (Fsp3) is 0.259. The molecule has 5 aromatic rings. The summed E-state index contributed by atoms with van der Waals surface area (Å²) in [5, 5.41) is 12.6. The highest BCUT2D eigenvalue weighted by Gasteiger charge is 2.24. The second-order valence-corrected chi connectivity index (χ2v) is 8.96. The highest BCUT2D eigenvalue weighted by Crippen LogP contribution is 2.24. The number of imidazole rings is 2. The number of hydrogen-bond acceptors (Lipinski definition) is 7. The second kappa shape index (κ2) is 9.35. The summed E-state index contributed by atoms with van der Waals surface area (Å²) in [7, 11) is 0. The topological polar surface area (TPSA) is 111 Å². The van der Waals surface area contributed by atoms with Crippen LogP contribution in [0.5, 0.6) is 0 Å². The highest BCUT2D eigenvalue weighted by molar-refractivity contribution is 5.87. The molecule has 5 heterocycles. The van der Waals surface area contributed by atoms with Crippen LogP contribution in [-0.2, 0) is 13.1 Å². The van der Waals surface area contributed by atoms with Gasteiger partial charge in [-0.05, 0) is 44.0 Å². The fourth-order valence-electron chi connectivity index (χ4n) is 4.87. The lowest BCUT2D eigenvalue weighted by Gasteiger charge is -2.28. The predicted molar refractivity (Wildman–Crippen MR) is 142 cm³/mol. The lowest BCUT2D eigenvalue weighted by molar-refractivity contribution is 0.613. The standard InChI is InChI=1S/C27H25N9O/c1-2-3-14-34-25-22(32-27(34)33-13-7-8-19(28)17-33)16-30-35(26(25)37)18-24-31-21-10-4-5-11-23(21)36(24)20-9-6-12-29-15-20/h4-6,9-12,15-16,28H,7-8,13-14,17-18H2,1H3. The molecule has 1 N–H and O–H groups in total. The number of para-hydroxylation sites is 2. The Morgan fingerprint density at radius 3 is 2.78 bits per heavy atom. The monoisotopic (exact) mass is 491 g/mol. The van der Waals surface area contributed by atoms with Gasteiger partial charge in [0.1, 0.15) is 23.4 Å². The highest BCUT2D eigenvalue weighted by atomic mass is 16.1. The van der Waals surface area contributed by atoms with Crippen molar-refractivity contribution in [2.24, 2.45) is 0 Å². The lowest BCUT2D eigenvalue weighted by Crippen LogP contribution is -2.37. The van der Waals surface area contributed by atoms with E-state index in [1.54, 1.807) is 25.5 Å². The third kappa shape index (κ3) is 4.04. The first-order valence-corrected chi connectivity index (χ1v) is 12.2. The maximum atomic E-state index is 13.8. The van der Waals surface area contributed by atoms with Crippen molar-refractivity contribution in [2.45, 2.75) is 32.9 Å². The van der Waals surface area contributed by atoms with Crippen molar-refractivity contribution in [2.75, 3.05) is 18.0 Å². The van der Waals surface area contributed by atoms with Gasteiger partial charge in [0.05, 0.1) is 42.2 Å². The number of rotatable bonds is 5. The molecule has 1 aliphatic rings. The number of pyridine rings is 1. The van der Waals surface area contributed by atoms with Gasteiger partial charge in [-0.3, -0.25) is 18.9 Å². The van der Waals surface area contributed by atoms with E-state index in [2.05, 4.69) is 26.8 Å². The molecule has 1 aromatic carbocycles. The Balaban J connectivity index is 1.48. The number of fused-ring (bicyclic) bond motifs is 2. The zero-order chi connectivity index (χ0) is 25.4. The normalized spacial score (nSPS) is 13.8. The molecule has 1 saturated heterocycles. The number of anilines is 1. The van der Waals surface area contributed by atoms with Crippen LogP contribution in [0.2, 0.25) is 0 Å². The minimum atomic E-state index is -0.258. The van der Waals surface area contributed by atoms with Gasteiger partial charge in [-0.25, -0.2) is 14.6 Å². The molecule has 184 valence electrons. The molecule has 0 unspecified atom stereocenters. The van der Waals surface area contributed by atoms with E-state index in [9.17, 15) is 4.79 Å². The summed E-state index contributed by atoms with van der Waals surface area (Å²) in [6, 6.07) is 11.7. The van der Waals surface area contributed by atoms with Crippen molar-refractivity contribution in [3.63, 3.8) is 0 Å². The number of hydrogen-bond donors (Lipinski definition) is 1. The molecular weight excluding hydrogens is 466 g/mol. The summed E-state index contributed by atoms with van der Waals surface area (Å²) in [4.78, 5) is 29.7. The van der Waals surface area contributed by atoms with Crippen molar-refractivity contribution in [3.05, 3.63) is 71.2 Å². The van der Waals surface area contributed by atoms with Crippen LogP contribution in [0.15, 0.2) is 59.8 Å². The summed E-state index contributed by atoms with van der Waals surface area (Å²) in [6.45, 7) is 3.56. The number of benzene rings is 1. The molecule has 6 rings (SSSR count). The molecule has 0 atom stereocenters. The molecule has 0 bridgehead atoms. The minimum Gasteiger partial charge on any atom is -0.337 e. The van der Waals surface area contributed by atoms with E-state index in [0.717, 1.165) is 36.1 Å². The van der Waals surface area contributed by atoms with Crippen molar-refractivity contribution >= 4 is 33.7 Å². The molecule has 37 heavy (non-hydrogen) atoms. The summed E-state index contributed by atoms with van der Waals surface area (Å²) < 4.78 is 5.29. The average molecular weight is 492 g/mol. The summed E-state index contributed by atoms with van der Waals surface area (Å²) in [6.07, 6.45) is 6.80. The molecule has 0 spiro atoms. The van der Waals surface area contributed by atoms with E-state index in [1.165, 1.54) is 4.68 Å². The largest absolute Gasteiger partial charge is 0.337 e. The zero-order valence-corrected chi connectivity index (χ0v) is 20.4. The molecule has 1 aliphatic heterocycles. The molecular formula is C27H25N9O. The van der Waals surface area contributed by atoms with Crippen LogP contribution < -0.4 is 10.5 Å². The number of nitrogens with zero attached hydrogens (tertiary/aromatic N) is 8. The van der Waals surface area contributed by atoms with E-state index in [1.807, 2.05) is 45.5 Å². The number of aromatic nitrogens is 7. The zero-order valence-electron chi connectivity index (χ0n) is 20.4. The van der Waals surface area contributed by atoms with Gasteiger partial charge >= 0.3 is 0 Å². The molecule has 0 radical (unpaired) electrons. The quantitative estimate of drug-likeness (QED) is 0.379. The molecule has 10 heteroatoms. The van der Waals surface area contributed by atoms with Crippen molar-refractivity contribution in [3.8, 4) is 17.5 Å². The lowest BCUT2D eigenvalue weighted by atomic mass is 10.1. The SMILES string of the molecule is CC#CCn1c(N2CCCC(=N)C2)nc2cnn(Cc3nc4ccccc4n3-c3cccnc3)c(=O)c21. The van der Waals surface area contributed by atoms with Crippen LogP contribution in [0.3, 0.4) is 0 Å². The maximum absolute atomic E-state index is 13.8. The Morgan fingerprint density at radius 1 is 1.08 bits per heavy atom. The van der Waals surface area contributed by atoms with Crippen molar-refractivity contribution in [1.82, 2.24) is 33.9 Å². The van der Waals surface area contributed by atoms with E-state index in [4.69, 9.17) is 15.4 Å². The number of nitrogens with one attached hydrogen (secondary N) is 1. The Labute approximate surface area is 212 Å². The van der Waals surface area contributed by atoms with E-state index >= 15 is 0 Å². The van der Waals surface area contributed by atoms with Gasteiger partial charge in [-0.1, -0.05) is 18.1 Å². The first kappa shape index (κ1) is 22.7. The molecule has 10 nitrogen and oxygen atoms in total. The van der Waals surface area contributed by atoms with E-state index < -0.39 is 0 Å². The van der Waals surface area contributed by atoms with Gasteiger partial charge < -0.3 is 10.3 Å². The minimum absolute atomic E-state index is 0.173. The summed E-state index contributed by atoms with van der Waals surface area (Å²) in [5.74, 6) is 7.33. The van der Waals surface area contributed by atoms with Crippen LogP contribution in [0.1, 0.15) is 25.6 Å². The fourth-order valence-corrected chi connectivity index (χ4v) is 4.87.